The maximum Gasteiger partial charge on any atom is 0.197 e. The molecule has 1 aromatic carbocycles. The molecule has 2 rings (SSSR count). The van der Waals surface area contributed by atoms with Crippen molar-refractivity contribution in [1.82, 2.24) is 4.90 Å². The summed E-state index contributed by atoms with van der Waals surface area (Å²) in [5.41, 5.74) is -0.129. The summed E-state index contributed by atoms with van der Waals surface area (Å²) in [4.78, 5) is 1.75. The van der Waals surface area contributed by atoms with Gasteiger partial charge in [-0.2, -0.15) is 0 Å². The number of rotatable bonds is 1. The molecular weight excluding hydrogens is 222 g/mol. The molecule has 0 fully saturated rings. The predicted octanol–water partition coefficient (Wildman–Crippen LogP) is 2.97. The SMILES string of the molecule is CC(C)N1Cc2c(F)c(F)c(F)c(F)c2C1. The Morgan fingerprint density at radius 1 is 0.812 bits per heavy atom. The smallest absolute Gasteiger partial charge is 0.197 e. The van der Waals surface area contributed by atoms with Gasteiger partial charge in [0.2, 0.25) is 0 Å². The van der Waals surface area contributed by atoms with Crippen LogP contribution >= 0.6 is 0 Å². The highest BCUT2D eigenvalue weighted by Crippen LogP contribution is 2.32. The molecule has 0 amide bonds. The molecule has 0 saturated carbocycles. The number of nitrogens with zero attached hydrogens (tertiary/aromatic N) is 1. The fourth-order valence-corrected chi connectivity index (χ4v) is 1.88. The topological polar surface area (TPSA) is 3.24 Å². The molecule has 0 saturated heterocycles. The minimum atomic E-state index is -1.72. The van der Waals surface area contributed by atoms with Gasteiger partial charge in [0, 0.05) is 30.3 Å². The molecule has 1 aromatic rings. The summed E-state index contributed by atoms with van der Waals surface area (Å²) in [5.74, 6) is -5.97. The minimum Gasteiger partial charge on any atom is -0.292 e. The van der Waals surface area contributed by atoms with Crippen LogP contribution in [0.15, 0.2) is 0 Å². The van der Waals surface area contributed by atoms with Gasteiger partial charge in [-0.05, 0) is 13.8 Å². The molecule has 5 heteroatoms. The molecular formula is C11H11F4N. The lowest BCUT2D eigenvalue weighted by atomic mass is 10.1. The van der Waals surface area contributed by atoms with E-state index < -0.39 is 23.3 Å². The molecule has 1 aliphatic rings. The number of hydrogen-bond donors (Lipinski definition) is 0. The van der Waals surface area contributed by atoms with Gasteiger partial charge in [-0.25, -0.2) is 17.6 Å². The Morgan fingerprint density at radius 2 is 1.19 bits per heavy atom. The van der Waals surface area contributed by atoms with Gasteiger partial charge >= 0.3 is 0 Å². The molecule has 0 aromatic heterocycles. The second kappa shape index (κ2) is 3.73. The predicted molar refractivity (Wildman–Crippen MR) is 50.7 cm³/mol. The first-order chi connectivity index (χ1) is 7.43. The Labute approximate surface area is 90.7 Å². The fourth-order valence-electron chi connectivity index (χ4n) is 1.88. The van der Waals surface area contributed by atoms with Crippen LogP contribution in [0, 0.1) is 23.3 Å². The maximum absolute atomic E-state index is 13.4. The summed E-state index contributed by atoms with van der Waals surface area (Å²) in [5, 5.41) is 0. The van der Waals surface area contributed by atoms with Gasteiger partial charge in [-0.3, -0.25) is 4.90 Å². The van der Waals surface area contributed by atoms with Crippen molar-refractivity contribution < 1.29 is 17.6 Å². The first-order valence-corrected chi connectivity index (χ1v) is 5.01. The molecule has 0 spiro atoms. The first-order valence-electron chi connectivity index (χ1n) is 5.01. The highest BCUT2D eigenvalue weighted by molar-refractivity contribution is 5.35. The van der Waals surface area contributed by atoms with Gasteiger partial charge in [0.1, 0.15) is 0 Å². The lowest BCUT2D eigenvalue weighted by Crippen LogP contribution is -2.24. The molecule has 16 heavy (non-hydrogen) atoms. The molecule has 0 N–H and O–H groups in total. The van der Waals surface area contributed by atoms with Crippen LogP contribution in [0.1, 0.15) is 25.0 Å². The van der Waals surface area contributed by atoms with E-state index in [-0.39, 0.29) is 30.3 Å². The van der Waals surface area contributed by atoms with Crippen LogP contribution in [0.5, 0.6) is 0 Å². The standard InChI is InChI=1S/C11H11F4N/c1-5(2)16-3-6-7(4-16)9(13)11(15)10(14)8(6)12/h5H,3-4H2,1-2H3. The summed E-state index contributed by atoms with van der Waals surface area (Å²) in [6.07, 6.45) is 0. The van der Waals surface area contributed by atoms with Gasteiger partial charge in [-0.1, -0.05) is 0 Å². The highest BCUT2D eigenvalue weighted by Gasteiger charge is 2.32. The van der Waals surface area contributed by atoms with Crippen molar-refractivity contribution in [3.63, 3.8) is 0 Å². The Hall–Kier alpha value is -1.10. The van der Waals surface area contributed by atoms with Crippen molar-refractivity contribution >= 4 is 0 Å². The Morgan fingerprint density at radius 3 is 1.50 bits per heavy atom. The fraction of sp³-hybridized carbons (Fsp3) is 0.455. The lowest BCUT2D eigenvalue weighted by molar-refractivity contribution is 0.224. The third-order valence-electron chi connectivity index (χ3n) is 2.92. The van der Waals surface area contributed by atoms with Crippen LogP contribution in [-0.2, 0) is 13.1 Å². The summed E-state index contributed by atoms with van der Waals surface area (Å²) in [7, 11) is 0. The molecule has 1 heterocycles. The van der Waals surface area contributed by atoms with Crippen molar-refractivity contribution in [2.45, 2.75) is 33.0 Å². The highest BCUT2D eigenvalue weighted by atomic mass is 19.2. The number of benzene rings is 1. The molecule has 88 valence electrons. The van der Waals surface area contributed by atoms with E-state index in [2.05, 4.69) is 0 Å². The van der Waals surface area contributed by atoms with Gasteiger partial charge in [0.15, 0.2) is 23.3 Å². The van der Waals surface area contributed by atoms with E-state index in [4.69, 9.17) is 0 Å². The van der Waals surface area contributed by atoms with Gasteiger partial charge in [0.05, 0.1) is 0 Å². The Bertz CT molecular complexity index is 405. The van der Waals surface area contributed by atoms with Crippen molar-refractivity contribution in [2.24, 2.45) is 0 Å². The van der Waals surface area contributed by atoms with Crippen molar-refractivity contribution in [3.05, 3.63) is 34.4 Å². The second-order valence-electron chi connectivity index (χ2n) is 4.21. The summed E-state index contributed by atoms with van der Waals surface area (Å²) < 4.78 is 52.7. The first kappa shape index (κ1) is 11.4. The van der Waals surface area contributed by atoms with Crippen LogP contribution in [-0.4, -0.2) is 10.9 Å². The lowest BCUT2D eigenvalue weighted by Gasteiger charge is -2.18. The third-order valence-corrected chi connectivity index (χ3v) is 2.92. The molecule has 0 unspecified atom stereocenters. The van der Waals surface area contributed by atoms with Crippen molar-refractivity contribution in [3.8, 4) is 0 Å². The number of fused-ring (bicyclic) bond motifs is 1. The van der Waals surface area contributed by atoms with Crippen LogP contribution < -0.4 is 0 Å². The zero-order valence-electron chi connectivity index (χ0n) is 8.95. The van der Waals surface area contributed by atoms with E-state index in [1.165, 1.54) is 0 Å². The van der Waals surface area contributed by atoms with E-state index >= 15 is 0 Å². The van der Waals surface area contributed by atoms with Crippen LogP contribution in [0.2, 0.25) is 0 Å². The van der Waals surface area contributed by atoms with Crippen LogP contribution in [0.4, 0.5) is 17.6 Å². The summed E-state index contributed by atoms with van der Waals surface area (Å²) >= 11 is 0. The van der Waals surface area contributed by atoms with Gasteiger partial charge < -0.3 is 0 Å². The number of halogens is 4. The van der Waals surface area contributed by atoms with E-state index in [0.29, 0.717) is 0 Å². The van der Waals surface area contributed by atoms with E-state index in [1.807, 2.05) is 13.8 Å². The monoisotopic (exact) mass is 233 g/mol. The number of hydrogen-bond acceptors (Lipinski definition) is 1. The largest absolute Gasteiger partial charge is 0.292 e. The van der Waals surface area contributed by atoms with E-state index in [9.17, 15) is 17.6 Å². The van der Waals surface area contributed by atoms with E-state index in [1.54, 1.807) is 4.90 Å². The Balaban J connectivity index is 2.53. The third kappa shape index (κ3) is 1.50. The maximum atomic E-state index is 13.4. The molecule has 1 nitrogen and oxygen atoms in total. The molecule has 0 aliphatic carbocycles. The van der Waals surface area contributed by atoms with Crippen molar-refractivity contribution in [1.29, 1.82) is 0 Å². The van der Waals surface area contributed by atoms with E-state index in [0.717, 1.165) is 0 Å². The molecule has 0 bridgehead atoms. The minimum absolute atomic E-state index is 0.0647. The zero-order valence-corrected chi connectivity index (χ0v) is 8.95. The van der Waals surface area contributed by atoms with Crippen LogP contribution in [0.3, 0.4) is 0 Å². The summed E-state index contributed by atoms with van der Waals surface area (Å²) in [6.45, 7) is 3.95. The molecule has 0 radical (unpaired) electrons. The van der Waals surface area contributed by atoms with Crippen molar-refractivity contribution in [2.75, 3.05) is 0 Å². The molecule has 0 atom stereocenters. The van der Waals surface area contributed by atoms with Gasteiger partial charge in [-0.15, -0.1) is 0 Å². The quantitative estimate of drug-likeness (QED) is 0.409. The Kier molecular flexibility index (Phi) is 2.66. The van der Waals surface area contributed by atoms with Crippen LogP contribution in [0.25, 0.3) is 0 Å². The average molecular weight is 233 g/mol. The zero-order chi connectivity index (χ0) is 12.0. The molecule has 1 aliphatic heterocycles. The summed E-state index contributed by atoms with van der Waals surface area (Å²) in [6, 6.07) is 0.0670. The average Bonchev–Trinajstić information content (AvgIpc) is 2.68. The normalized spacial score (nSPS) is 15.9. The second-order valence-corrected chi connectivity index (χ2v) is 4.21. The van der Waals surface area contributed by atoms with Gasteiger partial charge in [0.25, 0.3) is 0 Å².